The molecule has 2 amide bonds. The van der Waals surface area contributed by atoms with Crippen LogP contribution in [0, 0.1) is 0 Å². The summed E-state index contributed by atoms with van der Waals surface area (Å²) >= 11 is 1.39. The Kier molecular flexibility index (Phi) is 8.16. The monoisotopic (exact) mass is 389 g/mol. The van der Waals surface area contributed by atoms with Crippen molar-refractivity contribution in [3.05, 3.63) is 59.7 Å². The van der Waals surface area contributed by atoms with E-state index < -0.39 is 6.10 Å². The summed E-state index contributed by atoms with van der Waals surface area (Å²) in [6, 6.07) is 14.5. The van der Waals surface area contributed by atoms with Gasteiger partial charge in [0.05, 0.1) is 12.4 Å². The minimum Gasteiger partial charge on any atom is -0.497 e. The summed E-state index contributed by atoms with van der Waals surface area (Å²) in [6.07, 6.45) is 1.96. The number of amides is 2. The summed E-state index contributed by atoms with van der Waals surface area (Å²) in [5.41, 5.74) is 1.67. The van der Waals surface area contributed by atoms with E-state index >= 15 is 0 Å². The molecule has 2 atom stereocenters. The van der Waals surface area contributed by atoms with E-state index in [4.69, 9.17) is 9.47 Å². The molecule has 7 heteroatoms. The molecule has 144 valence electrons. The summed E-state index contributed by atoms with van der Waals surface area (Å²) in [7, 11) is 1.58. The van der Waals surface area contributed by atoms with E-state index in [1.54, 1.807) is 25.3 Å². The Labute approximate surface area is 162 Å². The number of carbonyl (C=O) groups excluding carboxylic acids is 2. The average molecular weight is 389 g/mol. The van der Waals surface area contributed by atoms with Crippen molar-refractivity contribution in [2.45, 2.75) is 17.8 Å². The SMILES string of the molecule is COc1cccc([C@H](O)COc2ccc(CC(SC)C(=O)NC=O)cc2)c1. The number of rotatable bonds is 10. The van der Waals surface area contributed by atoms with Crippen LogP contribution in [0.5, 0.6) is 11.5 Å². The van der Waals surface area contributed by atoms with Crippen LogP contribution in [0.2, 0.25) is 0 Å². The van der Waals surface area contributed by atoms with Crippen LogP contribution in [0.15, 0.2) is 48.5 Å². The smallest absolute Gasteiger partial charge is 0.239 e. The van der Waals surface area contributed by atoms with Crippen molar-refractivity contribution in [1.29, 1.82) is 0 Å². The molecule has 6 nitrogen and oxygen atoms in total. The molecular formula is C20H23NO5S. The molecule has 2 aromatic rings. The van der Waals surface area contributed by atoms with E-state index in [0.29, 0.717) is 24.3 Å². The molecule has 2 aromatic carbocycles. The molecule has 0 aliphatic heterocycles. The van der Waals surface area contributed by atoms with Crippen molar-refractivity contribution in [2.24, 2.45) is 0 Å². The highest BCUT2D eigenvalue weighted by atomic mass is 32.2. The lowest BCUT2D eigenvalue weighted by Crippen LogP contribution is -2.32. The molecule has 0 heterocycles. The molecule has 0 saturated heterocycles. The van der Waals surface area contributed by atoms with E-state index in [1.807, 2.05) is 36.6 Å². The van der Waals surface area contributed by atoms with Gasteiger partial charge in [0.2, 0.25) is 12.3 Å². The van der Waals surface area contributed by atoms with Crippen molar-refractivity contribution in [3.8, 4) is 11.5 Å². The fraction of sp³-hybridized carbons (Fsp3) is 0.300. The third-order valence-electron chi connectivity index (χ3n) is 4.01. The predicted molar refractivity (Wildman–Crippen MR) is 105 cm³/mol. The molecule has 0 radical (unpaired) electrons. The van der Waals surface area contributed by atoms with Gasteiger partial charge >= 0.3 is 0 Å². The maximum absolute atomic E-state index is 11.8. The number of ether oxygens (including phenoxy) is 2. The van der Waals surface area contributed by atoms with Crippen LogP contribution in [-0.4, -0.2) is 42.6 Å². The second kappa shape index (κ2) is 10.6. The Morgan fingerprint density at radius 1 is 1.22 bits per heavy atom. The van der Waals surface area contributed by atoms with Crippen molar-refractivity contribution in [2.75, 3.05) is 20.0 Å². The van der Waals surface area contributed by atoms with E-state index in [2.05, 4.69) is 5.32 Å². The van der Waals surface area contributed by atoms with Gasteiger partial charge in [-0.1, -0.05) is 24.3 Å². The van der Waals surface area contributed by atoms with Gasteiger partial charge in [0.15, 0.2) is 0 Å². The molecule has 2 rings (SSSR count). The van der Waals surface area contributed by atoms with Crippen molar-refractivity contribution >= 4 is 24.1 Å². The average Bonchev–Trinajstić information content (AvgIpc) is 2.71. The van der Waals surface area contributed by atoms with Gasteiger partial charge in [0.25, 0.3) is 0 Å². The molecule has 0 fully saturated rings. The van der Waals surface area contributed by atoms with Crippen LogP contribution >= 0.6 is 11.8 Å². The molecule has 0 spiro atoms. The summed E-state index contributed by atoms with van der Waals surface area (Å²) in [6.45, 7) is 0.113. The van der Waals surface area contributed by atoms with Gasteiger partial charge < -0.3 is 14.6 Å². The first-order valence-corrected chi connectivity index (χ1v) is 9.66. The second-order valence-electron chi connectivity index (χ2n) is 5.80. The Morgan fingerprint density at radius 3 is 2.59 bits per heavy atom. The van der Waals surface area contributed by atoms with Crippen molar-refractivity contribution in [3.63, 3.8) is 0 Å². The standard InChI is InChI=1S/C20H23NO5S/c1-25-17-5-3-4-15(11-17)18(23)12-26-16-8-6-14(7-9-16)10-19(27-2)20(24)21-13-22/h3-9,11,13,18-19,23H,10,12H2,1-2H3,(H,21,22,24)/t18-,19?/m1/s1. The number of hydrogen-bond donors (Lipinski definition) is 2. The maximum Gasteiger partial charge on any atom is 0.239 e. The summed E-state index contributed by atoms with van der Waals surface area (Å²) in [5, 5.41) is 12.1. The molecule has 0 aliphatic rings. The zero-order valence-electron chi connectivity index (χ0n) is 15.3. The molecule has 0 aromatic heterocycles. The fourth-order valence-electron chi connectivity index (χ4n) is 2.49. The number of hydrogen-bond acceptors (Lipinski definition) is 6. The van der Waals surface area contributed by atoms with Crippen LogP contribution in [0.3, 0.4) is 0 Å². The minimum absolute atomic E-state index is 0.113. The molecule has 27 heavy (non-hydrogen) atoms. The van der Waals surface area contributed by atoms with E-state index in [-0.39, 0.29) is 17.8 Å². The number of carbonyl (C=O) groups is 2. The number of thioether (sulfide) groups is 1. The summed E-state index contributed by atoms with van der Waals surface area (Å²) in [5.74, 6) is 0.996. The van der Waals surface area contributed by atoms with Gasteiger partial charge in [-0.15, -0.1) is 0 Å². The van der Waals surface area contributed by atoms with Gasteiger partial charge in [-0.25, -0.2) is 0 Å². The Balaban J connectivity index is 1.91. The van der Waals surface area contributed by atoms with E-state index in [0.717, 1.165) is 11.1 Å². The largest absolute Gasteiger partial charge is 0.497 e. The lowest BCUT2D eigenvalue weighted by atomic mass is 10.1. The first kappa shape index (κ1) is 20.8. The van der Waals surface area contributed by atoms with Crippen LogP contribution in [0.1, 0.15) is 17.2 Å². The highest BCUT2D eigenvalue weighted by molar-refractivity contribution is 7.99. The lowest BCUT2D eigenvalue weighted by Gasteiger charge is -2.15. The van der Waals surface area contributed by atoms with E-state index in [9.17, 15) is 14.7 Å². The normalized spacial score (nSPS) is 12.7. The van der Waals surface area contributed by atoms with Gasteiger partial charge in [-0.3, -0.25) is 14.9 Å². The second-order valence-corrected chi connectivity index (χ2v) is 6.84. The van der Waals surface area contributed by atoms with Gasteiger partial charge in [-0.2, -0.15) is 11.8 Å². The predicted octanol–water partition coefficient (Wildman–Crippen LogP) is 2.35. The third kappa shape index (κ3) is 6.30. The number of imide groups is 1. The van der Waals surface area contributed by atoms with Crippen LogP contribution < -0.4 is 14.8 Å². The van der Waals surface area contributed by atoms with Crippen molar-refractivity contribution < 1.29 is 24.2 Å². The number of nitrogens with one attached hydrogen (secondary N) is 1. The highest BCUT2D eigenvalue weighted by Crippen LogP contribution is 2.22. The number of aliphatic hydroxyl groups is 1. The molecule has 0 bridgehead atoms. The lowest BCUT2D eigenvalue weighted by molar-refractivity contribution is -0.124. The molecule has 1 unspecified atom stereocenters. The van der Waals surface area contributed by atoms with E-state index in [1.165, 1.54) is 11.8 Å². The quantitative estimate of drug-likeness (QED) is 0.607. The number of benzene rings is 2. The van der Waals surface area contributed by atoms with Crippen LogP contribution in [0.25, 0.3) is 0 Å². The maximum atomic E-state index is 11.8. The Morgan fingerprint density at radius 2 is 1.96 bits per heavy atom. The molecule has 2 N–H and O–H groups in total. The van der Waals surface area contributed by atoms with Crippen molar-refractivity contribution in [1.82, 2.24) is 5.32 Å². The highest BCUT2D eigenvalue weighted by Gasteiger charge is 2.17. The van der Waals surface area contributed by atoms with Gasteiger partial charge in [-0.05, 0) is 48.1 Å². The first-order chi connectivity index (χ1) is 13.1. The van der Waals surface area contributed by atoms with Crippen LogP contribution in [0.4, 0.5) is 0 Å². The minimum atomic E-state index is -0.771. The third-order valence-corrected chi connectivity index (χ3v) is 4.96. The zero-order valence-corrected chi connectivity index (χ0v) is 16.1. The van der Waals surface area contributed by atoms with Gasteiger partial charge in [0, 0.05) is 0 Å². The Hall–Kier alpha value is -2.51. The van der Waals surface area contributed by atoms with Crippen LogP contribution in [-0.2, 0) is 16.0 Å². The number of aliphatic hydroxyl groups excluding tert-OH is 1. The van der Waals surface area contributed by atoms with Gasteiger partial charge in [0.1, 0.15) is 24.2 Å². The first-order valence-electron chi connectivity index (χ1n) is 8.38. The fourth-order valence-corrected chi connectivity index (χ4v) is 3.13. The topological polar surface area (TPSA) is 84.9 Å². The molecule has 0 aliphatic carbocycles. The molecule has 0 saturated carbocycles. The summed E-state index contributed by atoms with van der Waals surface area (Å²) in [4.78, 5) is 22.2. The summed E-state index contributed by atoms with van der Waals surface area (Å²) < 4.78 is 10.8. The zero-order chi connectivity index (χ0) is 19.6. The number of methoxy groups -OCH3 is 1. The molecular weight excluding hydrogens is 366 g/mol. The Bertz CT molecular complexity index is 750.